The van der Waals surface area contributed by atoms with Crippen molar-refractivity contribution in [3.05, 3.63) is 85.2 Å². The zero-order valence-corrected chi connectivity index (χ0v) is 21.6. The molecule has 0 aliphatic carbocycles. The highest BCUT2D eigenvalue weighted by Crippen LogP contribution is 2.30. The van der Waals surface area contributed by atoms with Crippen molar-refractivity contribution in [1.29, 1.82) is 0 Å². The summed E-state index contributed by atoms with van der Waals surface area (Å²) in [6, 6.07) is 13.9. The van der Waals surface area contributed by atoms with Gasteiger partial charge in [0.15, 0.2) is 5.65 Å². The average molecular weight is 521 g/mol. The number of piperidine rings is 1. The quantitative estimate of drug-likeness (QED) is 0.302. The lowest BCUT2D eigenvalue weighted by atomic mass is 9.91. The molecule has 0 radical (unpaired) electrons. The highest BCUT2D eigenvalue weighted by molar-refractivity contribution is 5.91. The smallest absolute Gasteiger partial charge is 0.245 e. The number of nitrogens with zero attached hydrogens (tertiary/aromatic N) is 7. The van der Waals surface area contributed by atoms with Crippen molar-refractivity contribution in [2.45, 2.75) is 26.2 Å². The molecule has 1 atom stereocenters. The second kappa shape index (κ2) is 10.5. The van der Waals surface area contributed by atoms with Crippen LogP contribution >= 0.6 is 0 Å². The van der Waals surface area contributed by atoms with Gasteiger partial charge < -0.3 is 15.0 Å². The lowest BCUT2D eigenvalue weighted by Crippen LogP contribution is -2.39. The fourth-order valence-corrected chi connectivity index (χ4v) is 5.08. The Morgan fingerprint density at radius 1 is 1.15 bits per heavy atom. The Bertz CT molecular complexity index is 1680. The summed E-state index contributed by atoms with van der Waals surface area (Å²) in [6.45, 7) is 7.18. The van der Waals surface area contributed by atoms with Crippen molar-refractivity contribution in [3.63, 3.8) is 0 Å². The van der Waals surface area contributed by atoms with E-state index in [0.29, 0.717) is 23.2 Å². The van der Waals surface area contributed by atoms with E-state index in [0.717, 1.165) is 60.3 Å². The fraction of sp³-hybridized carbons (Fsp3) is 0.241. The molecule has 0 spiro atoms. The van der Waals surface area contributed by atoms with Crippen LogP contribution in [0.25, 0.3) is 16.6 Å². The van der Waals surface area contributed by atoms with Gasteiger partial charge >= 0.3 is 0 Å². The van der Waals surface area contributed by atoms with Gasteiger partial charge in [0, 0.05) is 30.2 Å². The van der Waals surface area contributed by atoms with Crippen molar-refractivity contribution < 1.29 is 9.53 Å². The molecule has 1 saturated heterocycles. The lowest BCUT2D eigenvalue weighted by molar-refractivity contribution is -0.127. The topological polar surface area (TPSA) is 110 Å². The van der Waals surface area contributed by atoms with Gasteiger partial charge in [-0.05, 0) is 79.6 Å². The van der Waals surface area contributed by atoms with Crippen LogP contribution in [0.5, 0.6) is 11.6 Å². The van der Waals surface area contributed by atoms with Gasteiger partial charge in [-0.25, -0.2) is 15.0 Å². The number of aromatic nitrogens is 6. The number of hydrogen-bond donors (Lipinski definition) is 1. The predicted molar refractivity (Wildman–Crippen MR) is 148 cm³/mol. The normalized spacial score (nSPS) is 15.4. The Morgan fingerprint density at radius 2 is 2.08 bits per heavy atom. The van der Waals surface area contributed by atoms with Crippen LogP contribution in [-0.4, -0.2) is 53.4 Å². The zero-order valence-electron chi connectivity index (χ0n) is 21.6. The third-order valence-electron chi connectivity index (χ3n) is 7.04. The number of anilines is 2. The SMILES string of the molecule is C=CC(=O)N1CCC[C@H](Cc2ccc3ncnc(Nc4ccc(Oc5cc6nncn6cn5)c(C)c4)c3c2)C1. The maximum atomic E-state index is 12.1. The second-order valence-corrected chi connectivity index (χ2v) is 9.81. The Balaban J connectivity index is 1.19. The monoisotopic (exact) mass is 520 g/mol. The van der Waals surface area contributed by atoms with Gasteiger partial charge in [0.2, 0.25) is 11.8 Å². The number of amides is 1. The van der Waals surface area contributed by atoms with E-state index in [1.807, 2.05) is 36.1 Å². The number of benzene rings is 2. The number of ether oxygens (including phenoxy) is 1. The first-order valence-electron chi connectivity index (χ1n) is 12.9. The van der Waals surface area contributed by atoms with Crippen LogP contribution in [0, 0.1) is 12.8 Å². The summed E-state index contributed by atoms with van der Waals surface area (Å²) in [5.74, 6) is 2.31. The number of carbonyl (C=O) groups excluding carboxylic acids is 1. The number of carbonyl (C=O) groups is 1. The third-order valence-corrected chi connectivity index (χ3v) is 7.04. The molecule has 0 saturated carbocycles. The molecule has 2 aromatic carbocycles. The molecule has 5 aromatic rings. The Labute approximate surface area is 225 Å². The van der Waals surface area contributed by atoms with Gasteiger partial charge in [-0.1, -0.05) is 12.6 Å². The Kier molecular flexibility index (Phi) is 6.58. The molecule has 10 heteroatoms. The van der Waals surface area contributed by atoms with Gasteiger partial charge in [0.1, 0.15) is 30.5 Å². The minimum absolute atomic E-state index is 0.0115. The second-order valence-electron chi connectivity index (χ2n) is 9.81. The number of fused-ring (bicyclic) bond motifs is 2. The number of aryl methyl sites for hydroxylation is 1. The highest BCUT2D eigenvalue weighted by Gasteiger charge is 2.22. The van der Waals surface area contributed by atoms with Crippen LogP contribution in [0.15, 0.2) is 74.1 Å². The van der Waals surface area contributed by atoms with Gasteiger partial charge in [0.25, 0.3) is 0 Å². The minimum Gasteiger partial charge on any atom is -0.439 e. The molecule has 0 bridgehead atoms. The third kappa shape index (κ3) is 5.26. The van der Waals surface area contributed by atoms with E-state index in [2.05, 4.69) is 49.2 Å². The van der Waals surface area contributed by atoms with Gasteiger partial charge in [-0.3, -0.25) is 9.20 Å². The maximum Gasteiger partial charge on any atom is 0.245 e. The van der Waals surface area contributed by atoms with Crippen molar-refractivity contribution in [3.8, 4) is 11.6 Å². The summed E-state index contributed by atoms with van der Waals surface area (Å²) in [5.41, 5.74) is 4.57. The number of rotatable bonds is 7. The number of likely N-dealkylation sites (tertiary alicyclic amines) is 1. The fourth-order valence-electron chi connectivity index (χ4n) is 5.08. The molecular weight excluding hydrogens is 492 g/mol. The van der Waals surface area contributed by atoms with E-state index in [-0.39, 0.29) is 5.91 Å². The predicted octanol–water partition coefficient (Wildman–Crippen LogP) is 4.88. The van der Waals surface area contributed by atoms with Crippen molar-refractivity contribution in [2.75, 3.05) is 18.4 Å². The molecular formula is C29H28N8O2. The molecule has 3 aromatic heterocycles. The summed E-state index contributed by atoms with van der Waals surface area (Å²) in [6.07, 6.45) is 9.20. The van der Waals surface area contributed by atoms with E-state index >= 15 is 0 Å². The van der Waals surface area contributed by atoms with Gasteiger partial charge in [0.05, 0.1) is 5.52 Å². The van der Waals surface area contributed by atoms with Crippen LogP contribution in [0.4, 0.5) is 11.5 Å². The van der Waals surface area contributed by atoms with Crippen LogP contribution < -0.4 is 10.1 Å². The van der Waals surface area contributed by atoms with E-state index < -0.39 is 0 Å². The van der Waals surface area contributed by atoms with Crippen molar-refractivity contribution >= 4 is 34.0 Å². The van der Waals surface area contributed by atoms with E-state index in [1.54, 1.807) is 29.4 Å². The maximum absolute atomic E-state index is 12.1. The summed E-state index contributed by atoms with van der Waals surface area (Å²) in [5, 5.41) is 12.3. The average Bonchev–Trinajstić information content (AvgIpc) is 3.43. The molecule has 1 N–H and O–H groups in total. The molecule has 1 fully saturated rings. The summed E-state index contributed by atoms with van der Waals surface area (Å²) in [7, 11) is 0. The molecule has 1 aliphatic rings. The van der Waals surface area contributed by atoms with E-state index in [4.69, 9.17) is 4.74 Å². The molecule has 1 aliphatic heterocycles. The van der Waals surface area contributed by atoms with E-state index in [9.17, 15) is 4.79 Å². The first kappa shape index (κ1) is 24.5. The largest absolute Gasteiger partial charge is 0.439 e. The van der Waals surface area contributed by atoms with Crippen LogP contribution in [0.1, 0.15) is 24.0 Å². The van der Waals surface area contributed by atoms with Crippen molar-refractivity contribution in [2.24, 2.45) is 5.92 Å². The molecule has 4 heterocycles. The van der Waals surface area contributed by atoms with Gasteiger partial charge in [-0.15, -0.1) is 10.2 Å². The van der Waals surface area contributed by atoms with Gasteiger partial charge in [-0.2, -0.15) is 0 Å². The molecule has 6 rings (SSSR count). The molecule has 0 unspecified atom stereocenters. The zero-order chi connectivity index (χ0) is 26.8. The summed E-state index contributed by atoms with van der Waals surface area (Å²) < 4.78 is 7.72. The van der Waals surface area contributed by atoms with Crippen LogP contribution in [-0.2, 0) is 11.2 Å². The summed E-state index contributed by atoms with van der Waals surface area (Å²) in [4.78, 5) is 27.3. The minimum atomic E-state index is 0.0115. The highest BCUT2D eigenvalue weighted by atomic mass is 16.5. The summed E-state index contributed by atoms with van der Waals surface area (Å²) >= 11 is 0. The number of hydrogen-bond acceptors (Lipinski definition) is 8. The standard InChI is InChI=1S/C29H28N8O2/c1-3-28(38)36-10-4-5-21(15-36)12-20-6-8-24-23(13-20)29(31-16-30-24)34-22-7-9-25(19(2)11-22)39-27-14-26-35-33-18-37(26)17-32-27/h3,6-9,11,13-14,16-18,21H,1,4-5,10,12,15H2,2H3,(H,30,31,34)/t21-/m1/s1. The molecule has 1 amide bonds. The van der Waals surface area contributed by atoms with Crippen LogP contribution in [0.3, 0.4) is 0 Å². The first-order chi connectivity index (χ1) is 19.1. The number of nitrogens with one attached hydrogen (secondary N) is 1. The Morgan fingerprint density at radius 3 is 2.95 bits per heavy atom. The van der Waals surface area contributed by atoms with Crippen LogP contribution in [0.2, 0.25) is 0 Å². The molecule has 39 heavy (non-hydrogen) atoms. The van der Waals surface area contributed by atoms with E-state index in [1.165, 1.54) is 11.6 Å². The first-order valence-corrected chi connectivity index (χ1v) is 12.9. The van der Waals surface area contributed by atoms with Crippen molar-refractivity contribution in [1.82, 2.24) is 34.4 Å². The Hall–Kier alpha value is -4.86. The molecule has 196 valence electrons. The molecule has 10 nitrogen and oxygen atoms in total. The lowest BCUT2D eigenvalue weighted by Gasteiger charge is -2.32.